The Kier molecular flexibility index (Phi) is 5.15. The third-order valence-electron chi connectivity index (χ3n) is 2.96. The van der Waals surface area contributed by atoms with E-state index in [9.17, 15) is 14.0 Å². The molecule has 4 nitrogen and oxygen atoms in total. The first-order valence-corrected chi connectivity index (χ1v) is 6.59. The molecule has 21 heavy (non-hydrogen) atoms. The van der Waals surface area contributed by atoms with Gasteiger partial charge in [0.25, 0.3) is 0 Å². The topological polar surface area (TPSA) is 59.1 Å². The van der Waals surface area contributed by atoms with E-state index in [0.717, 1.165) is 5.56 Å². The molecule has 2 rings (SSSR count). The molecule has 0 saturated heterocycles. The van der Waals surface area contributed by atoms with Gasteiger partial charge in [0.05, 0.1) is 0 Å². The number of nitrogens with zero attached hydrogens (tertiary/aromatic N) is 1. The van der Waals surface area contributed by atoms with Gasteiger partial charge in [0.1, 0.15) is 5.82 Å². The van der Waals surface area contributed by atoms with Gasteiger partial charge in [-0.1, -0.05) is 6.07 Å². The van der Waals surface area contributed by atoms with Crippen molar-refractivity contribution in [1.82, 2.24) is 10.3 Å². The fourth-order valence-corrected chi connectivity index (χ4v) is 1.80. The second-order valence-corrected chi connectivity index (χ2v) is 4.57. The van der Waals surface area contributed by atoms with Gasteiger partial charge in [0.2, 0.25) is 5.91 Å². The van der Waals surface area contributed by atoms with Gasteiger partial charge in [-0.05, 0) is 35.9 Å². The first-order chi connectivity index (χ1) is 10.1. The van der Waals surface area contributed by atoms with Crippen molar-refractivity contribution in [2.75, 3.05) is 0 Å². The fraction of sp³-hybridized carbons (Fsp3) is 0.188. The molecule has 108 valence electrons. The Hall–Kier alpha value is -2.56. The molecule has 0 saturated carbocycles. The van der Waals surface area contributed by atoms with Crippen LogP contribution >= 0.6 is 0 Å². The summed E-state index contributed by atoms with van der Waals surface area (Å²) in [4.78, 5) is 27.4. The van der Waals surface area contributed by atoms with Crippen LogP contribution in [-0.4, -0.2) is 16.7 Å². The van der Waals surface area contributed by atoms with E-state index >= 15 is 0 Å². The normalized spacial score (nSPS) is 10.1. The van der Waals surface area contributed by atoms with Crippen LogP contribution in [0.15, 0.2) is 48.8 Å². The standard InChI is InChI=1S/C16H15FN2O2/c17-14-5-3-13(4-6-14)15(20)7-8-16(21)19-11-12-2-1-9-18-10-12/h1-6,9-10H,7-8,11H2,(H,19,21). The van der Waals surface area contributed by atoms with Gasteiger partial charge in [-0.15, -0.1) is 0 Å². The maximum absolute atomic E-state index is 12.7. The Bertz CT molecular complexity index is 612. The average molecular weight is 286 g/mol. The lowest BCUT2D eigenvalue weighted by Crippen LogP contribution is -2.23. The van der Waals surface area contributed by atoms with Crippen molar-refractivity contribution in [2.45, 2.75) is 19.4 Å². The van der Waals surface area contributed by atoms with Crippen molar-refractivity contribution in [1.29, 1.82) is 0 Å². The van der Waals surface area contributed by atoms with Crippen LogP contribution in [0.2, 0.25) is 0 Å². The second kappa shape index (κ2) is 7.28. The Morgan fingerprint density at radius 2 is 1.86 bits per heavy atom. The van der Waals surface area contributed by atoms with Gasteiger partial charge in [0, 0.05) is 37.3 Å². The van der Waals surface area contributed by atoms with Gasteiger partial charge in [-0.3, -0.25) is 14.6 Å². The van der Waals surface area contributed by atoms with E-state index in [1.807, 2.05) is 6.07 Å². The van der Waals surface area contributed by atoms with Crippen molar-refractivity contribution >= 4 is 11.7 Å². The summed E-state index contributed by atoms with van der Waals surface area (Å²) < 4.78 is 12.7. The SMILES string of the molecule is O=C(CCC(=O)c1ccc(F)cc1)NCc1cccnc1. The summed E-state index contributed by atoms with van der Waals surface area (Å²) in [6.07, 6.45) is 3.54. The minimum Gasteiger partial charge on any atom is -0.352 e. The molecule has 0 atom stereocenters. The van der Waals surface area contributed by atoms with Gasteiger partial charge < -0.3 is 5.32 Å². The summed E-state index contributed by atoms with van der Waals surface area (Å²) in [5, 5.41) is 2.72. The second-order valence-electron chi connectivity index (χ2n) is 4.57. The van der Waals surface area contributed by atoms with Crippen LogP contribution in [-0.2, 0) is 11.3 Å². The summed E-state index contributed by atoms with van der Waals surface area (Å²) in [5.41, 5.74) is 1.31. The molecule has 0 aliphatic rings. The highest BCUT2D eigenvalue weighted by Crippen LogP contribution is 2.07. The van der Waals surface area contributed by atoms with Crippen molar-refractivity contribution < 1.29 is 14.0 Å². The minimum absolute atomic E-state index is 0.102. The zero-order chi connectivity index (χ0) is 15.1. The van der Waals surface area contributed by atoms with E-state index in [1.165, 1.54) is 24.3 Å². The van der Waals surface area contributed by atoms with Gasteiger partial charge in [-0.25, -0.2) is 4.39 Å². The molecule has 2 aromatic rings. The van der Waals surface area contributed by atoms with Gasteiger partial charge in [0.15, 0.2) is 5.78 Å². The third kappa shape index (κ3) is 4.80. The largest absolute Gasteiger partial charge is 0.352 e. The first-order valence-electron chi connectivity index (χ1n) is 6.59. The number of amides is 1. The van der Waals surface area contributed by atoms with Crippen LogP contribution in [0.5, 0.6) is 0 Å². The number of nitrogens with one attached hydrogen (secondary N) is 1. The molecule has 0 spiro atoms. The number of ketones is 1. The van der Waals surface area contributed by atoms with E-state index in [0.29, 0.717) is 12.1 Å². The van der Waals surface area contributed by atoms with Crippen LogP contribution < -0.4 is 5.32 Å². The lowest BCUT2D eigenvalue weighted by atomic mass is 10.1. The van der Waals surface area contributed by atoms with Crippen molar-refractivity contribution in [3.05, 3.63) is 65.7 Å². The molecule has 0 aliphatic carbocycles. The number of halogens is 1. The molecule has 0 fully saturated rings. The summed E-state index contributed by atoms with van der Waals surface area (Å²) in [7, 11) is 0. The highest BCUT2D eigenvalue weighted by Gasteiger charge is 2.09. The molecule has 1 heterocycles. The predicted octanol–water partition coefficient (Wildman–Crippen LogP) is 2.50. The number of benzene rings is 1. The number of rotatable bonds is 6. The van der Waals surface area contributed by atoms with Crippen LogP contribution in [0, 0.1) is 5.82 Å². The van der Waals surface area contributed by atoms with Crippen molar-refractivity contribution in [3.8, 4) is 0 Å². The molecule has 1 aromatic carbocycles. The number of hydrogen-bond acceptors (Lipinski definition) is 3. The summed E-state index contributed by atoms with van der Waals surface area (Å²) >= 11 is 0. The molecule has 1 N–H and O–H groups in total. The Labute approximate surface area is 122 Å². The monoisotopic (exact) mass is 286 g/mol. The van der Waals surface area contributed by atoms with Gasteiger partial charge in [-0.2, -0.15) is 0 Å². The van der Waals surface area contributed by atoms with E-state index in [1.54, 1.807) is 18.5 Å². The Morgan fingerprint density at radius 1 is 1.10 bits per heavy atom. The first kappa shape index (κ1) is 14.8. The van der Waals surface area contributed by atoms with Crippen LogP contribution in [0.1, 0.15) is 28.8 Å². The molecule has 1 amide bonds. The maximum atomic E-state index is 12.7. The van der Waals surface area contributed by atoms with E-state index in [2.05, 4.69) is 10.3 Å². The predicted molar refractivity (Wildman–Crippen MR) is 76.0 cm³/mol. The molecule has 0 unspecified atom stereocenters. The van der Waals surface area contributed by atoms with E-state index in [4.69, 9.17) is 0 Å². The van der Waals surface area contributed by atoms with Gasteiger partial charge >= 0.3 is 0 Å². The fourth-order valence-electron chi connectivity index (χ4n) is 1.80. The summed E-state index contributed by atoms with van der Waals surface area (Å²) in [6, 6.07) is 8.96. The van der Waals surface area contributed by atoms with E-state index in [-0.39, 0.29) is 30.3 Å². The number of hydrogen-bond donors (Lipinski definition) is 1. The number of carbonyl (C=O) groups excluding carboxylic acids is 2. The van der Waals surface area contributed by atoms with Crippen LogP contribution in [0.25, 0.3) is 0 Å². The summed E-state index contributed by atoms with van der Waals surface area (Å²) in [5.74, 6) is -0.762. The van der Waals surface area contributed by atoms with Crippen molar-refractivity contribution in [3.63, 3.8) is 0 Å². The average Bonchev–Trinajstić information content (AvgIpc) is 2.52. The molecule has 0 aliphatic heterocycles. The number of Topliss-reactive ketones (excluding diaryl/α,β-unsaturated/α-hetero) is 1. The molecule has 1 aromatic heterocycles. The van der Waals surface area contributed by atoms with Crippen LogP contribution in [0.4, 0.5) is 4.39 Å². The minimum atomic E-state index is -0.388. The Balaban J connectivity index is 1.76. The highest BCUT2D eigenvalue weighted by molar-refractivity contribution is 5.97. The molecule has 0 radical (unpaired) electrons. The zero-order valence-electron chi connectivity index (χ0n) is 11.4. The molecule has 0 bridgehead atoms. The highest BCUT2D eigenvalue weighted by atomic mass is 19.1. The third-order valence-corrected chi connectivity index (χ3v) is 2.96. The summed E-state index contributed by atoms with van der Waals surface area (Å²) in [6.45, 7) is 0.386. The molecule has 5 heteroatoms. The lowest BCUT2D eigenvalue weighted by molar-refractivity contribution is -0.121. The Morgan fingerprint density at radius 3 is 2.52 bits per heavy atom. The number of aromatic nitrogens is 1. The van der Waals surface area contributed by atoms with Crippen LogP contribution in [0.3, 0.4) is 0 Å². The molecular formula is C16H15FN2O2. The maximum Gasteiger partial charge on any atom is 0.220 e. The smallest absolute Gasteiger partial charge is 0.220 e. The van der Waals surface area contributed by atoms with E-state index < -0.39 is 0 Å². The quantitative estimate of drug-likeness (QED) is 0.830. The number of pyridine rings is 1. The molecular weight excluding hydrogens is 271 g/mol. The zero-order valence-corrected chi connectivity index (χ0v) is 11.4. The van der Waals surface area contributed by atoms with Crippen molar-refractivity contribution in [2.24, 2.45) is 0 Å². The number of carbonyl (C=O) groups is 2. The lowest BCUT2D eigenvalue weighted by Gasteiger charge is -2.05.